The van der Waals surface area contributed by atoms with Crippen molar-refractivity contribution in [2.24, 2.45) is 5.92 Å². The van der Waals surface area contributed by atoms with Gasteiger partial charge in [-0.2, -0.15) is 0 Å². The molecule has 1 rings (SSSR count). The predicted octanol–water partition coefficient (Wildman–Crippen LogP) is 1.18. The van der Waals surface area contributed by atoms with Crippen LogP contribution in [-0.4, -0.2) is 50.7 Å². The lowest BCUT2D eigenvalue weighted by atomic mass is 9.89. The van der Waals surface area contributed by atoms with Gasteiger partial charge in [0.05, 0.1) is 25.4 Å². The zero-order valence-electron chi connectivity index (χ0n) is 11.2. The molecular weight excluding hydrogens is 218 g/mol. The number of hydrogen-bond acceptors (Lipinski definition) is 4. The van der Waals surface area contributed by atoms with Crippen LogP contribution in [0, 0.1) is 5.92 Å². The molecule has 1 unspecified atom stereocenters. The van der Waals surface area contributed by atoms with Crippen molar-refractivity contribution in [2.45, 2.75) is 44.8 Å². The third kappa shape index (κ3) is 6.99. The number of rotatable bonds is 8. The van der Waals surface area contributed by atoms with E-state index in [1.54, 1.807) is 7.11 Å². The third-order valence-corrected chi connectivity index (χ3v) is 3.35. The maximum Gasteiger partial charge on any atom is 0.0897 e. The van der Waals surface area contributed by atoms with Gasteiger partial charge < -0.3 is 19.9 Å². The van der Waals surface area contributed by atoms with Crippen LogP contribution < -0.4 is 5.32 Å². The van der Waals surface area contributed by atoms with E-state index in [1.165, 1.54) is 12.8 Å². The summed E-state index contributed by atoms with van der Waals surface area (Å²) in [6, 6.07) is 0. The first-order chi connectivity index (χ1) is 8.22. The van der Waals surface area contributed by atoms with Gasteiger partial charge in [-0.1, -0.05) is 6.92 Å². The molecule has 1 atom stereocenters. The van der Waals surface area contributed by atoms with Gasteiger partial charge in [0, 0.05) is 20.2 Å². The summed E-state index contributed by atoms with van der Waals surface area (Å²) in [5.74, 6) is 0.843. The Hall–Kier alpha value is -0.160. The van der Waals surface area contributed by atoms with Gasteiger partial charge in [0.15, 0.2) is 0 Å². The van der Waals surface area contributed by atoms with Gasteiger partial charge in [-0.3, -0.25) is 0 Å². The van der Waals surface area contributed by atoms with E-state index >= 15 is 0 Å². The van der Waals surface area contributed by atoms with Crippen molar-refractivity contribution < 1.29 is 14.6 Å². The molecule has 0 spiro atoms. The summed E-state index contributed by atoms with van der Waals surface area (Å²) in [4.78, 5) is 0. The molecule has 0 heterocycles. The van der Waals surface area contributed by atoms with Crippen molar-refractivity contribution in [3.05, 3.63) is 0 Å². The van der Waals surface area contributed by atoms with Crippen LogP contribution >= 0.6 is 0 Å². The van der Waals surface area contributed by atoms with Crippen molar-refractivity contribution in [1.82, 2.24) is 5.32 Å². The monoisotopic (exact) mass is 245 g/mol. The normalized spacial score (nSPS) is 27.0. The predicted molar refractivity (Wildman–Crippen MR) is 68.1 cm³/mol. The largest absolute Gasteiger partial charge is 0.389 e. The Bertz CT molecular complexity index is 182. The molecule has 4 heteroatoms. The molecule has 1 aliphatic rings. The van der Waals surface area contributed by atoms with Crippen molar-refractivity contribution in [3.63, 3.8) is 0 Å². The first-order valence-electron chi connectivity index (χ1n) is 6.71. The molecule has 0 bridgehead atoms. The molecule has 0 aromatic heterocycles. The summed E-state index contributed by atoms with van der Waals surface area (Å²) < 4.78 is 10.6. The first kappa shape index (κ1) is 14.9. The molecular formula is C13H27NO3. The van der Waals surface area contributed by atoms with Crippen molar-refractivity contribution in [1.29, 1.82) is 0 Å². The van der Waals surface area contributed by atoms with Gasteiger partial charge in [0.25, 0.3) is 0 Å². The average molecular weight is 245 g/mol. The van der Waals surface area contributed by atoms with E-state index in [-0.39, 0.29) is 0 Å². The molecule has 0 aromatic rings. The smallest absolute Gasteiger partial charge is 0.0897 e. The lowest BCUT2D eigenvalue weighted by molar-refractivity contribution is -0.0280. The molecule has 1 aliphatic carbocycles. The van der Waals surface area contributed by atoms with Gasteiger partial charge in [-0.05, 0) is 31.6 Å². The van der Waals surface area contributed by atoms with E-state index in [4.69, 9.17) is 9.47 Å². The summed E-state index contributed by atoms with van der Waals surface area (Å²) in [5, 5.41) is 12.8. The van der Waals surface area contributed by atoms with Gasteiger partial charge in [0.2, 0.25) is 0 Å². The van der Waals surface area contributed by atoms with E-state index < -0.39 is 6.10 Å². The third-order valence-electron chi connectivity index (χ3n) is 3.35. The Morgan fingerprint density at radius 1 is 1.29 bits per heavy atom. The summed E-state index contributed by atoms with van der Waals surface area (Å²) in [6.07, 6.45) is 4.75. The quantitative estimate of drug-likeness (QED) is 0.631. The standard InChI is InChI=1S/C13H27NO3/c1-11-3-5-13(6-4-11)17-10-12(15)9-14-7-8-16-2/h11-15H,3-10H2,1-2H3. The highest BCUT2D eigenvalue weighted by Crippen LogP contribution is 2.25. The van der Waals surface area contributed by atoms with Crippen LogP contribution in [-0.2, 0) is 9.47 Å². The van der Waals surface area contributed by atoms with Crippen LogP contribution in [0.5, 0.6) is 0 Å². The highest BCUT2D eigenvalue weighted by molar-refractivity contribution is 4.70. The zero-order valence-corrected chi connectivity index (χ0v) is 11.2. The lowest BCUT2D eigenvalue weighted by Gasteiger charge is -2.27. The van der Waals surface area contributed by atoms with Crippen molar-refractivity contribution in [2.75, 3.05) is 33.4 Å². The second kappa shape index (κ2) is 8.86. The van der Waals surface area contributed by atoms with E-state index in [0.29, 0.717) is 25.9 Å². The molecule has 102 valence electrons. The number of aliphatic hydroxyl groups excluding tert-OH is 1. The Labute approximate surface area is 105 Å². The maximum absolute atomic E-state index is 9.70. The van der Waals surface area contributed by atoms with Crippen LogP contribution in [0.25, 0.3) is 0 Å². The lowest BCUT2D eigenvalue weighted by Crippen LogP contribution is -2.34. The Morgan fingerprint density at radius 3 is 2.65 bits per heavy atom. The minimum Gasteiger partial charge on any atom is -0.389 e. The van der Waals surface area contributed by atoms with Crippen LogP contribution in [0.4, 0.5) is 0 Å². The number of methoxy groups -OCH3 is 1. The molecule has 0 aromatic carbocycles. The molecule has 0 saturated heterocycles. The summed E-state index contributed by atoms with van der Waals surface area (Å²) in [6.45, 7) is 4.76. The van der Waals surface area contributed by atoms with Crippen molar-refractivity contribution >= 4 is 0 Å². The minimum atomic E-state index is -0.411. The second-order valence-electron chi connectivity index (χ2n) is 5.07. The molecule has 1 saturated carbocycles. The molecule has 4 nitrogen and oxygen atoms in total. The number of ether oxygens (including phenoxy) is 2. The van der Waals surface area contributed by atoms with Crippen molar-refractivity contribution in [3.8, 4) is 0 Å². The van der Waals surface area contributed by atoms with Crippen LogP contribution in [0.1, 0.15) is 32.6 Å². The van der Waals surface area contributed by atoms with Crippen LogP contribution in [0.2, 0.25) is 0 Å². The summed E-state index contributed by atoms with van der Waals surface area (Å²) in [7, 11) is 1.67. The summed E-state index contributed by atoms with van der Waals surface area (Å²) >= 11 is 0. The SMILES string of the molecule is COCCNCC(O)COC1CCC(C)CC1. The van der Waals surface area contributed by atoms with Crippen LogP contribution in [0.15, 0.2) is 0 Å². The highest BCUT2D eigenvalue weighted by Gasteiger charge is 2.19. The fourth-order valence-electron chi connectivity index (χ4n) is 2.15. The van der Waals surface area contributed by atoms with Gasteiger partial charge in [-0.15, -0.1) is 0 Å². The molecule has 17 heavy (non-hydrogen) atoms. The Morgan fingerprint density at radius 2 is 2.00 bits per heavy atom. The van der Waals surface area contributed by atoms with Gasteiger partial charge in [0.1, 0.15) is 0 Å². The topological polar surface area (TPSA) is 50.7 Å². The number of nitrogens with one attached hydrogen (secondary N) is 1. The van der Waals surface area contributed by atoms with Crippen LogP contribution in [0.3, 0.4) is 0 Å². The van der Waals surface area contributed by atoms with E-state index in [0.717, 1.165) is 25.3 Å². The molecule has 1 fully saturated rings. The fourth-order valence-corrected chi connectivity index (χ4v) is 2.15. The molecule has 0 radical (unpaired) electrons. The molecule has 0 amide bonds. The van der Waals surface area contributed by atoms with Gasteiger partial charge >= 0.3 is 0 Å². The van der Waals surface area contributed by atoms with E-state index in [2.05, 4.69) is 12.2 Å². The first-order valence-corrected chi connectivity index (χ1v) is 6.71. The highest BCUT2D eigenvalue weighted by atomic mass is 16.5. The van der Waals surface area contributed by atoms with E-state index in [1.807, 2.05) is 0 Å². The summed E-state index contributed by atoms with van der Waals surface area (Å²) in [5.41, 5.74) is 0. The zero-order chi connectivity index (χ0) is 12.5. The number of aliphatic hydroxyl groups is 1. The minimum absolute atomic E-state index is 0.361. The van der Waals surface area contributed by atoms with E-state index in [9.17, 15) is 5.11 Å². The second-order valence-corrected chi connectivity index (χ2v) is 5.07. The van der Waals surface area contributed by atoms with Gasteiger partial charge in [-0.25, -0.2) is 0 Å². The average Bonchev–Trinajstić information content (AvgIpc) is 2.34. The Balaban J connectivity index is 1.97. The molecule has 0 aliphatic heterocycles. The molecule has 2 N–H and O–H groups in total. The fraction of sp³-hybridized carbons (Fsp3) is 1.00. The maximum atomic E-state index is 9.70. The number of hydrogen-bond donors (Lipinski definition) is 2. The Kier molecular flexibility index (Phi) is 7.77.